The summed E-state index contributed by atoms with van der Waals surface area (Å²) in [5.41, 5.74) is 7.14. The summed E-state index contributed by atoms with van der Waals surface area (Å²) < 4.78 is 43.2. The summed E-state index contributed by atoms with van der Waals surface area (Å²) in [4.78, 5) is 13.7. The third-order valence-electron chi connectivity index (χ3n) is 9.96. The molecule has 1 aliphatic heterocycles. The molecule has 4 atom stereocenters. The molecular formula is C46H45N3O7S2. The SMILES string of the molecule is Cc1ccc(S(=O)(=O)N[C@H](Cc2ccccc2)C(=O)NCc2cccc(-c3ccc([C@H]4O[C@@H](CSc5cccc[n+]5[O-])C[C@@H](c5ccc(CO)cc5)O4)cc3)c2)cc1. The molecule has 10 nitrogen and oxygen atoms in total. The molecule has 6 aromatic rings. The average Bonchev–Trinajstić information content (AvgIpc) is 3.25. The molecule has 58 heavy (non-hydrogen) atoms. The van der Waals surface area contributed by atoms with Crippen LogP contribution < -0.4 is 14.8 Å². The van der Waals surface area contributed by atoms with E-state index in [9.17, 15) is 23.5 Å². The Morgan fingerprint density at radius 3 is 2.24 bits per heavy atom. The Bertz CT molecular complexity index is 2400. The maximum atomic E-state index is 13.6. The van der Waals surface area contributed by atoms with Gasteiger partial charge in [-0.05, 0) is 71.0 Å². The third kappa shape index (κ3) is 10.6. The molecule has 0 bridgehead atoms. The van der Waals surface area contributed by atoms with Gasteiger partial charge in [-0.25, -0.2) is 8.42 Å². The largest absolute Gasteiger partial charge is 0.618 e. The van der Waals surface area contributed by atoms with Crippen LogP contribution in [0.25, 0.3) is 11.1 Å². The zero-order chi connectivity index (χ0) is 40.5. The number of aromatic nitrogens is 1. The van der Waals surface area contributed by atoms with Crippen LogP contribution in [0.4, 0.5) is 0 Å². The average molecular weight is 816 g/mol. The van der Waals surface area contributed by atoms with Gasteiger partial charge in [0, 0.05) is 36.4 Å². The number of benzene rings is 5. The van der Waals surface area contributed by atoms with E-state index in [1.54, 1.807) is 24.3 Å². The van der Waals surface area contributed by atoms with Gasteiger partial charge in [0.2, 0.25) is 15.9 Å². The number of aliphatic hydroxyl groups excluding tert-OH is 1. The number of hydrogen-bond donors (Lipinski definition) is 3. The molecule has 1 saturated heterocycles. The number of aryl methyl sites for hydroxylation is 1. The van der Waals surface area contributed by atoms with E-state index in [4.69, 9.17) is 9.47 Å². The molecule has 7 rings (SSSR count). The fraction of sp³-hybridized carbons (Fsp3) is 0.217. The van der Waals surface area contributed by atoms with E-state index in [1.807, 2.05) is 116 Å². The van der Waals surface area contributed by atoms with Gasteiger partial charge in [0.1, 0.15) is 6.04 Å². The molecule has 2 heterocycles. The van der Waals surface area contributed by atoms with Gasteiger partial charge in [-0.3, -0.25) is 4.79 Å². The monoisotopic (exact) mass is 815 g/mol. The van der Waals surface area contributed by atoms with Crippen LogP contribution >= 0.6 is 11.8 Å². The van der Waals surface area contributed by atoms with Crippen molar-refractivity contribution in [3.8, 4) is 11.1 Å². The summed E-state index contributed by atoms with van der Waals surface area (Å²) in [5, 5.41) is 25.4. The van der Waals surface area contributed by atoms with Gasteiger partial charge in [-0.2, -0.15) is 9.45 Å². The quantitative estimate of drug-likeness (QED) is 0.0557. The minimum Gasteiger partial charge on any atom is -0.618 e. The number of hydrogen-bond acceptors (Lipinski definition) is 8. The summed E-state index contributed by atoms with van der Waals surface area (Å²) in [7, 11) is -3.97. The molecule has 298 valence electrons. The van der Waals surface area contributed by atoms with Crippen molar-refractivity contribution in [1.82, 2.24) is 10.0 Å². The third-order valence-corrected chi connectivity index (χ3v) is 12.6. The Labute approximate surface area is 343 Å². The van der Waals surface area contributed by atoms with Gasteiger partial charge in [0.15, 0.2) is 12.5 Å². The Morgan fingerprint density at radius 1 is 0.810 bits per heavy atom. The second-order valence-electron chi connectivity index (χ2n) is 14.2. The Morgan fingerprint density at radius 2 is 1.52 bits per heavy atom. The summed E-state index contributed by atoms with van der Waals surface area (Å²) >= 11 is 1.44. The number of thioether (sulfide) groups is 1. The van der Waals surface area contributed by atoms with Gasteiger partial charge in [-0.1, -0.05) is 127 Å². The number of amides is 1. The second-order valence-corrected chi connectivity index (χ2v) is 17.0. The van der Waals surface area contributed by atoms with Crippen molar-refractivity contribution in [2.45, 2.75) is 67.4 Å². The van der Waals surface area contributed by atoms with Crippen molar-refractivity contribution in [2.24, 2.45) is 0 Å². The number of aliphatic hydroxyl groups is 1. The van der Waals surface area contributed by atoms with E-state index < -0.39 is 28.3 Å². The first-order valence-electron chi connectivity index (χ1n) is 19.0. The number of rotatable bonds is 15. The molecule has 1 aliphatic rings. The molecule has 0 spiro atoms. The highest BCUT2D eigenvalue weighted by Crippen LogP contribution is 2.39. The van der Waals surface area contributed by atoms with Crippen molar-refractivity contribution in [1.29, 1.82) is 0 Å². The molecule has 0 unspecified atom stereocenters. The van der Waals surface area contributed by atoms with Gasteiger partial charge >= 0.3 is 0 Å². The fourth-order valence-electron chi connectivity index (χ4n) is 6.74. The molecule has 1 aromatic heterocycles. The van der Waals surface area contributed by atoms with E-state index >= 15 is 0 Å². The lowest BCUT2D eigenvalue weighted by Gasteiger charge is -2.36. The molecule has 5 aromatic carbocycles. The van der Waals surface area contributed by atoms with Crippen molar-refractivity contribution in [3.05, 3.63) is 190 Å². The van der Waals surface area contributed by atoms with Crippen LogP contribution in [0.5, 0.6) is 0 Å². The van der Waals surface area contributed by atoms with Crippen molar-refractivity contribution < 1.29 is 32.5 Å². The number of sulfonamides is 1. The molecule has 12 heteroatoms. The number of pyridine rings is 1. The Balaban J connectivity index is 1.04. The van der Waals surface area contributed by atoms with Crippen LogP contribution in [-0.2, 0) is 43.9 Å². The summed E-state index contributed by atoms with van der Waals surface area (Å²) in [6.45, 7) is 2.04. The van der Waals surface area contributed by atoms with Crippen molar-refractivity contribution in [3.63, 3.8) is 0 Å². The van der Waals surface area contributed by atoms with E-state index in [0.717, 1.165) is 49.2 Å². The number of carbonyl (C=O) groups excluding carboxylic acids is 1. The van der Waals surface area contributed by atoms with Crippen LogP contribution in [0.1, 0.15) is 52.2 Å². The normalized spacial score (nSPS) is 17.4. The van der Waals surface area contributed by atoms with E-state index in [2.05, 4.69) is 10.0 Å². The van der Waals surface area contributed by atoms with Crippen LogP contribution in [0.3, 0.4) is 0 Å². The maximum absolute atomic E-state index is 13.6. The minimum absolute atomic E-state index is 0.0406. The molecule has 1 fully saturated rings. The van der Waals surface area contributed by atoms with Crippen LogP contribution in [0.2, 0.25) is 0 Å². The highest BCUT2D eigenvalue weighted by molar-refractivity contribution is 7.99. The lowest BCUT2D eigenvalue weighted by atomic mass is 9.99. The first-order valence-corrected chi connectivity index (χ1v) is 21.5. The predicted octanol–water partition coefficient (Wildman–Crippen LogP) is 7.33. The first-order chi connectivity index (χ1) is 28.1. The van der Waals surface area contributed by atoms with Gasteiger partial charge in [0.05, 0.1) is 23.7 Å². The zero-order valence-electron chi connectivity index (χ0n) is 31.9. The van der Waals surface area contributed by atoms with Crippen LogP contribution in [0, 0.1) is 12.1 Å². The van der Waals surface area contributed by atoms with Gasteiger partial charge in [0.25, 0.3) is 5.03 Å². The maximum Gasteiger partial charge on any atom is 0.251 e. The molecule has 0 radical (unpaired) electrons. The predicted molar refractivity (Wildman–Crippen MR) is 224 cm³/mol. The lowest BCUT2D eigenvalue weighted by Crippen LogP contribution is -2.47. The van der Waals surface area contributed by atoms with Crippen LogP contribution in [-0.4, -0.2) is 37.3 Å². The van der Waals surface area contributed by atoms with E-state index in [-0.39, 0.29) is 36.7 Å². The standard InChI is InChI=1S/C46H45N3O7S2/c1-32-13-23-41(24-14-32)58(53,54)48-42(27-33-8-3-2-4-9-33)45(51)47-29-35-10-7-11-39(26-35)36-19-21-38(22-20-36)46-55-40(31-57-44-12-5-6-25-49(44)52)28-43(56-46)37-17-15-34(30-50)16-18-37/h2-26,40,42-43,46,48,50H,27-31H2,1H3,(H,47,51)/t40-,42-,43+,46+/m1/s1. The number of ether oxygens (including phenoxy) is 2. The van der Waals surface area contributed by atoms with E-state index in [0.29, 0.717) is 17.2 Å². The van der Waals surface area contributed by atoms with Crippen molar-refractivity contribution in [2.75, 3.05) is 5.75 Å². The topological polar surface area (TPSA) is 141 Å². The number of nitrogens with zero attached hydrogens (tertiary/aromatic N) is 1. The smallest absolute Gasteiger partial charge is 0.251 e. The fourth-order valence-corrected chi connectivity index (χ4v) is 8.87. The molecule has 0 saturated carbocycles. The highest BCUT2D eigenvalue weighted by Gasteiger charge is 2.33. The summed E-state index contributed by atoms with van der Waals surface area (Å²) in [6, 6.07) is 43.7. The number of nitrogens with one attached hydrogen (secondary N) is 2. The molecular weight excluding hydrogens is 771 g/mol. The summed E-state index contributed by atoms with van der Waals surface area (Å²) in [6.07, 6.45) is 1.15. The Hall–Kier alpha value is -5.34. The Kier molecular flexibility index (Phi) is 13.3. The summed E-state index contributed by atoms with van der Waals surface area (Å²) in [5.74, 6) is 0.127. The molecule has 0 aliphatic carbocycles. The van der Waals surface area contributed by atoms with E-state index in [1.165, 1.54) is 30.1 Å². The highest BCUT2D eigenvalue weighted by atomic mass is 32.2. The lowest BCUT2D eigenvalue weighted by molar-refractivity contribution is -0.645. The number of carbonyl (C=O) groups is 1. The molecule has 1 amide bonds. The second kappa shape index (κ2) is 18.9. The zero-order valence-corrected chi connectivity index (χ0v) is 33.6. The minimum atomic E-state index is -3.97. The molecule has 3 N–H and O–H groups in total. The van der Waals surface area contributed by atoms with Crippen LogP contribution in [0.15, 0.2) is 162 Å². The van der Waals surface area contributed by atoms with Crippen molar-refractivity contribution >= 4 is 27.7 Å². The van der Waals surface area contributed by atoms with Gasteiger partial charge < -0.3 is 25.1 Å². The first kappa shape index (κ1) is 40.8. The van der Waals surface area contributed by atoms with Gasteiger partial charge in [-0.15, -0.1) is 0 Å².